The van der Waals surface area contributed by atoms with Crippen LogP contribution in [0.3, 0.4) is 0 Å². The van der Waals surface area contributed by atoms with Gasteiger partial charge in [-0.15, -0.1) is 0 Å². The average Bonchev–Trinajstić information content (AvgIpc) is 3.45. The highest BCUT2D eigenvalue weighted by molar-refractivity contribution is 5.95. The number of nitrogens with zero attached hydrogens (tertiary/aromatic N) is 5. The Kier molecular flexibility index (Phi) is 5.71. The molecule has 0 N–H and O–H groups in total. The van der Waals surface area contributed by atoms with Crippen LogP contribution in [-0.2, 0) is 9.53 Å². The Labute approximate surface area is 179 Å². The topological polar surface area (TPSA) is 105 Å². The minimum atomic E-state index is -0.753. The first-order chi connectivity index (χ1) is 15.1. The van der Waals surface area contributed by atoms with E-state index in [0.29, 0.717) is 26.2 Å². The molecular formula is C22H21N5O4. The zero-order valence-electron chi connectivity index (χ0n) is 17.0. The lowest BCUT2D eigenvalue weighted by Crippen LogP contribution is -2.50. The molecule has 3 aromatic heterocycles. The molecule has 3 aromatic rings. The molecule has 0 radical (unpaired) electrons. The molecule has 158 valence electrons. The van der Waals surface area contributed by atoms with Crippen LogP contribution in [-0.4, -0.2) is 59.1 Å². The number of nitriles is 1. The van der Waals surface area contributed by atoms with Gasteiger partial charge in [-0.1, -0.05) is 6.07 Å². The normalized spacial score (nSPS) is 13.7. The molecule has 1 saturated heterocycles. The van der Waals surface area contributed by atoms with Crippen LogP contribution in [0.5, 0.6) is 0 Å². The van der Waals surface area contributed by atoms with Crippen LogP contribution < -0.4 is 4.90 Å². The van der Waals surface area contributed by atoms with Gasteiger partial charge in [-0.2, -0.15) is 5.26 Å². The van der Waals surface area contributed by atoms with Gasteiger partial charge in [-0.3, -0.25) is 9.36 Å². The molecule has 9 nitrogen and oxygen atoms in total. The van der Waals surface area contributed by atoms with Gasteiger partial charge in [0.05, 0.1) is 0 Å². The first kappa shape index (κ1) is 20.2. The summed E-state index contributed by atoms with van der Waals surface area (Å²) in [5, 5.41) is 9.54. The molecule has 1 amide bonds. The molecule has 4 heterocycles. The van der Waals surface area contributed by atoms with Crippen molar-refractivity contribution < 1.29 is 18.7 Å². The molecule has 31 heavy (non-hydrogen) atoms. The summed E-state index contributed by atoms with van der Waals surface area (Å²) in [6.07, 6.45) is 5.16. The van der Waals surface area contributed by atoms with E-state index in [0.717, 1.165) is 5.82 Å². The van der Waals surface area contributed by atoms with Crippen molar-refractivity contribution in [3.05, 3.63) is 65.8 Å². The van der Waals surface area contributed by atoms with Gasteiger partial charge in [-0.05, 0) is 31.2 Å². The van der Waals surface area contributed by atoms with Crippen molar-refractivity contribution in [1.29, 1.82) is 5.26 Å². The smallest absolute Gasteiger partial charge is 0.343 e. The molecule has 0 aromatic carbocycles. The van der Waals surface area contributed by atoms with Crippen molar-refractivity contribution in [2.24, 2.45) is 0 Å². The molecule has 0 aliphatic carbocycles. The van der Waals surface area contributed by atoms with Gasteiger partial charge in [0.15, 0.2) is 6.61 Å². The monoisotopic (exact) mass is 419 g/mol. The molecule has 4 rings (SSSR count). The Balaban J connectivity index is 1.36. The van der Waals surface area contributed by atoms with Crippen molar-refractivity contribution in [2.75, 3.05) is 37.7 Å². The predicted molar refractivity (Wildman–Crippen MR) is 111 cm³/mol. The molecule has 0 atom stereocenters. The summed E-state index contributed by atoms with van der Waals surface area (Å²) in [5.41, 5.74) is 0.120. The number of carbonyl (C=O) groups excluding carboxylic acids is 2. The molecular weight excluding hydrogens is 398 g/mol. The lowest BCUT2D eigenvalue weighted by Gasteiger charge is -2.35. The molecule has 0 saturated carbocycles. The van der Waals surface area contributed by atoms with Crippen molar-refractivity contribution in [1.82, 2.24) is 14.5 Å². The van der Waals surface area contributed by atoms with Crippen LogP contribution in [0.15, 0.2) is 53.3 Å². The van der Waals surface area contributed by atoms with Gasteiger partial charge in [0.2, 0.25) is 5.88 Å². The highest BCUT2D eigenvalue weighted by Crippen LogP contribution is 2.26. The zero-order chi connectivity index (χ0) is 21.8. The summed E-state index contributed by atoms with van der Waals surface area (Å²) < 4.78 is 12.4. The highest BCUT2D eigenvalue weighted by Gasteiger charge is 2.27. The Morgan fingerprint density at radius 1 is 1.16 bits per heavy atom. The molecule has 0 bridgehead atoms. The van der Waals surface area contributed by atoms with E-state index in [1.807, 2.05) is 24.3 Å². The maximum Gasteiger partial charge on any atom is 0.343 e. The largest absolute Gasteiger partial charge is 0.452 e. The number of pyridine rings is 1. The second-order valence-corrected chi connectivity index (χ2v) is 7.05. The average molecular weight is 419 g/mol. The third-order valence-corrected chi connectivity index (χ3v) is 5.15. The van der Waals surface area contributed by atoms with Gasteiger partial charge in [-0.25, -0.2) is 9.78 Å². The number of esters is 1. The van der Waals surface area contributed by atoms with Crippen molar-refractivity contribution >= 4 is 17.7 Å². The Bertz CT molecular complexity index is 1110. The number of amides is 1. The van der Waals surface area contributed by atoms with Crippen LogP contribution in [0, 0.1) is 18.3 Å². The summed E-state index contributed by atoms with van der Waals surface area (Å²) in [6, 6.07) is 11.3. The Hall–Kier alpha value is -4.06. The number of anilines is 1. The fourth-order valence-electron chi connectivity index (χ4n) is 3.55. The van der Waals surface area contributed by atoms with Gasteiger partial charge >= 0.3 is 5.97 Å². The maximum absolute atomic E-state index is 12.6. The third-order valence-electron chi connectivity index (χ3n) is 5.15. The van der Waals surface area contributed by atoms with Crippen LogP contribution in [0.2, 0.25) is 0 Å². The number of hydrogen-bond donors (Lipinski definition) is 0. The van der Waals surface area contributed by atoms with E-state index in [4.69, 9.17) is 9.15 Å². The second-order valence-electron chi connectivity index (χ2n) is 7.05. The van der Waals surface area contributed by atoms with E-state index >= 15 is 0 Å². The fourth-order valence-corrected chi connectivity index (χ4v) is 3.55. The second kappa shape index (κ2) is 8.75. The van der Waals surface area contributed by atoms with Gasteiger partial charge in [0.25, 0.3) is 5.91 Å². The van der Waals surface area contributed by atoms with E-state index in [-0.39, 0.29) is 28.7 Å². The van der Waals surface area contributed by atoms with Crippen LogP contribution in [0.4, 0.5) is 5.82 Å². The summed E-state index contributed by atoms with van der Waals surface area (Å²) in [4.78, 5) is 33.2. The van der Waals surface area contributed by atoms with Gasteiger partial charge in [0.1, 0.15) is 28.8 Å². The Morgan fingerprint density at radius 3 is 2.55 bits per heavy atom. The molecule has 0 unspecified atom stereocenters. The van der Waals surface area contributed by atoms with E-state index in [1.54, 1.807) is 47.1 Å². The first-order valence-corrected chi connectivity index (χ1v) is 9.86. The van der Waals surface area contributed by atoms with E-state index < -0.39 is 12.6 Å². The standard InChI is InChI=1S/C22H21N5O4/c1-16-20(17(14-23)21(31-16)27-8-4-5-9-27)22(29)30-15-19(28)26-12-10-25(11-13-26)18-6-2-3-7-24-18/h2-9H,10-13,15H2,1H3. The summed E-state index contributed by atoms with van der Waals surface area (Å²) in [5.74, 6) is 0.352. The number of rotatable bonds is 5. The minimum absolute atomic E-state index is 0.0407. The van der Waals surface area contributed by atoms with Crippen LogP contribution >= 0.6 is 0 Å². The van der Waals surface area contributed by atoms with Crippen molar-refractivity contribution in [2.45, 2.75) is 6.92 Å². The van der Waals surface area contributed by atoms with Crippen LogP contribution in [0.25, 0.3) is 5.88 Å². The highest BCUT2D eigenvalue weighted by atomic mass is 16.5. The summed E-state index contributed by atoms with van der Waals surface area (Å²) >= 11 is 0. The minimum Gasteiger partial charge on any atom is -0.452 e. The number of furan rings is 1. The summed E-state index contributed by atoms with van der Waals surface area (Å²) in [6.45, 7) is 3.52. The van der Waals surface area contributed by atoms with E-state index in [9.17, 15) is 14.9 Å². The van der Waals surface area contributed by atoms with E-state index in [1.165, 1.54) is 0 Å². The third kappa shape index (κ3) is 4.14. The lowest BCUT2D eigenvalue weighted by molar-refractivity contribution is -0.134. The predicted octanol–water partition coefficient (Wildman–Crippen LogP) is 2.15. The lowest BCUT2D eigenvalue weighted by atomic mass is 10.1. The number of aryl methyl sites for hydroxylation is 1. The zero-order valence-corrected chi connectivity index (χ0v) is 17.0. The van der Waals surface area contributed by atoms with E-state index in [2.05, 4.69) is 9.88 Å². The number of carbonyl (C=O) groups is 2. The Morgan fingerprint density at radius 2 is 1.90 bits per heavy atom. The molecule has 0 spiro atoms. The van der Waals surface area contributed by atoms with Crippen molar-refractivity contribution in [3.63, 3.8) is 0 Å². The fraction of sp³-hybridized carbons (Fsp3) is 0.273. The molecule has 1 fully saturated rings. The first-order valence-electron chi connectivity index (χ1n) is 9.86. The SMILES string of the molecule is Cc1oc(-n2cccc2)c(C#N)c1C(=O)OCC(=O)N1CCN(c2ccccn2)CC1. The number of aromatic nitrogens is 2. The number of ether oxygens (including phenoxy) is 1. The van der Waals surface area contributed by atoms with Crippen LogP contribution in [0.1, 0.15) is 21.7 Å². The molecule has 9 heteroatoms. The quantitative estimate of drug-likeness (QED) is 0.584. The maximum atomic E-state index is 12.6. The summed E-state index contributed by atoms with van der Waals surface area (Å²) in [7, 11) is 0. The number of piperazine rings is 1. The molecule has 1 aliphatic heterocycles. The molecule has 1 aliphatic rings. The van der Waals surface area contributed by atoms with Gasteiger partial charge < -0.3 is 19.0 Å². The number of hydrogen-bond acceptors (Lipinski definition) is 7. The van der Waals surface area contributed by atoms with Crippen molar-refractivity contribution in [3.8, 4) is 12.0 Å². The van der Waals surface area contributed by atoms with Gasteiger partial charge in [0, 0.05) is 44.8 Å².